The van der Waals surface area contributed by atoms with Gasteiger partial charge in [0, 0.05) is 148 Å². The average molecular weight is 1430 g/mol. The van der Waals surface area contributed by atoms with E-state index < -0.39 is 0 Å². The van der Waals surface area contributed by atoms with E-state index in [-0.39, 0.29) is 35.5 Å². The highest BCUT2D eigenvalue weighted by molar-refractivity contribution is 7.22. The second kappa shape index (κ2) is 26.8. The second-order valence-corrected chi connectivity index (χ2v) is 29.7. The Bertz CT molecular complexity index is 6000. The standard InChI is InChI=1S/C28H25N7O.C28H24N6OS.C24H21N5OS2/c29-26-25-24(22-16-19-4-1-2-7-21(19)32-22)33-27(35(25)15-12-31-26)18-9-13-34(14-10-18)28(36)20-6-3-5-17-8-11-30-23(17)20;29-26-25-24(22-16-18-3-1-2-4-21(18)31-22)32-27(34(25)13-10-30-26)17-7-11-33(12-8-17)28(35)20-5-6-23-19(15-20)9-14-36-23;25-22-21-20(19-13-16-3-1-2-4-18(16)32-19)27-23(29(21)11-8-26-22)15-5-9-28(10-6-15)24(30)17-7-12-31-14-17/h1-8,11-12,15-16,18,30,32H,9-10,13-14H2,(H2,29,31);1-6,9-10,13-17,31H,7-8,11-12H2,(H2,29,30);1-4,7-8,11-15H,5-6,9-10H2,(H2,25,26). The van der Waals surface area contributed by atoms with Crippen LogP contribution in [0.15, 0.2) is 205 Å². The zero-order chi connectivity index (χ0) is 70.1. The lowest BCUT2D eigenvalue weighted by atomic mass is 9.95. The average Bonchev–Trinajstić information content (AvgIpc) is 1.38. The molecule has 17 aromatic rings. The summed E-state index contributed by atoms with van der Waals surface area (Å²) in [6.45, 7) is 4.21. The summed E-state index contributed by atoms with van der Waals surface area (Å²) in [6.07, 6.45) is 18.0. The van der Waals surface area contributed by atoms with E-state index in [0.717, 1.165) is 174 Å². The maximum absolute atomic E-state index is 13.3. The van der Waals surface area contributed by atoms with Crippen molar-refractivity contribution in [1.82, 2.24) is 72.8 Å². The molecule has 12 aromatic heterocycles. The number of aromatic amines is 3. The number of H-pyrrole nitrogens is 3. The number of carbonyl (C=O) groups excluding carboxylic acids is 3. The van der Waals surface area contributed by atoms with Gasteiger partial charge in [0.15, 0.2) is 0 Å². The Morgan fingerprint density at radius 3 is 1.47 bits per heavy atom. The fourth-order valence-electron chi connectivity index (χ4n) is 15.5. The maximum Gasteiger partial charge on any atom is 0.255 e. The molecule has 0 bridgehead atoms. The molecule has 0 aliphatic carbocycles. The van der Waals surface area contributed by atoms with Gasteiger partial charge in [-0.2, -0.15) is 11.3 Å². The first-order valence-electron chi connectivity index (χ1n) is 35.0. The molecule has 9 N–H and O–H groups in total. The van der Waals surface area contributed by atoms with Crippen molar-refractivity contribution >= 4 is 139 Å². The molecule has 0 atom stereocenters. The third-order valence-electron chi connectivity index (χ3n) is 20.8. The minimum atomic E-state index is 0.0710. The number of hydrogen-bond acceptors (Lipinski definition) is 15. The van der Waals surface area contributed by atoms with Crippen LogP contribution in [-0.4, -0.2) is 130 Å². The molecule has 24 heteroatoms. The summed E-state index contributed by atoms with van der Waals surface area (Å²) in [5, 5.41) is 11.6. The van der Waals surface area contributed by atoms with E-state index in [9.17, 15) is 14.4 Å². The highest BCUT2D eigenvalue weighted by atomic mass is 32.1. The van der Waals surface area contributed by atoms with Crippen LogP contribution in [0.2, 0.25) is 0 Å². The highest BCUT2D eigenvalue weighted by Gasteiger charge is 2.34. The number of amides is 3. The lowest BCUT2D eigenvalue weighted by Gasteiger charge is -2.31. The Labute approximate surface area is 607 Å². The van der Waals surface area contributed by atoms with E-state index in [1.807, 2.05) is 123 Å². The number of benzene rings is 5. The van der Waals surface area contributed by atoms with Crippen LogP contribution in [0.1, 0.15) is 105 Å². The van der Waals surface area contributed by atoms with Crippen LogP contribution in [0, 0.1) is 0 Å². The number of anilines is 3. The summed E-state index contributed by atoms with van der Waals surface area (Å²) >= 11 is 4.98. The molecule has 516 valence electrons. The summed E-state index contributed by atoms with van der Waals surface area (Å²) in [5.41, 5.74) is 31.2. The minimum Gasteiger partial charge on any atom is -0.382 e. The maximum atomic E-state index is 13.3. The predicted octanol–water partition coefficient (Wildman–Crippen LogP) is 15.9. The van der Waals surface area contributed by atoms with Gasteiger partial charge in [-0.15, -0.1) is 22.7 Å². The van der Waals surface area contributed by atoms with Crippen molar-refractivity contribution in [2.75, 3.05) is 56.5 Å². The predicted molar refractivity (Wildman–Crippen MR) is 416 cm³/mol. The largest absolute Gasteiger partial charge is 0.382 e. The monoisotopic (exact) mass is 1430 g/mol. The van der Waals surface area contributed by atoms with Crippen molar-refractivity contribution in [3.05, 3.63) is 239 Å². The molecule has 21 nitrogen and oxygen atoms in total. The fourth-order valence-corrected chi connectivity index (χ4v) is 17.9. The molecular weight excluding hydrogens is 1360 g/mol. The zero-order valence-electron chi connectivity index (χ0n) is 56.4. The number of aromatic nitrogens is 12. The van der Waals surface area contributed by atoms with Gasteiger partial charge in [-0.3, -0.25) is 27.6 Å². The Balaban J connectivity index is 0.000000111. The van der Waals surface area contributed by atoms with Gasteiger partial charge in [-0.05, 0) is 139 Å². The number of thiophene rings is 3. The van der Waals surface area contributed by atoms with Crippen LogP contribution < -0.4 is 17.2 Å². The molecule has 0 saturated carbocycles. The van der Waals surface area contributed by atoms with E-state index in [1.54, 1.807) is 52.6 Å². The summed E-state index contributed by atoms with van der Waals surface area (Å²) in [4.78, 5) is 84.8. The SMILES string of the molecule is Nc1nccn2c(C3CCN(C(=O)c4ccc5sccc5c4)CC3)nc(-c3cc4ccccc4[nH]3)c12.Nc1nccn2c(C3CCN(C(=O)c4cccc5cc[nH]c45)CC3)nc(-c3cc4ccccc4[nH]3)c12.Nc1nccn2c(C3CCN(C(=O)c4ccsc4)CC3)nc(-c3cc4ccccc4s3)c12. The summed E-state index contributed by atoms with van der Waals surface area (Å²) < 4.78 is 8.69. The first-order valence-corrected chi connectivity index (χ1v) is 37.6. The summed E-state index contributed by atoms with van der Waals surface area (Å²) in [7, 11) is 0. The molecule has 20 rings (SSSR count). The summed E-state index contributed by atoms with van der Waals surface area (Å²) in [5.74, 6) is 5.33. The Morgan fingerprint density at radius 2 is 0.933 bits per heavy atom. The number of fused-ring (bicyclic) bond motifs is 8. The molecule has 0 unspecified atom stereocenters. The molecule has 0 radical (unpaired) electrons. The van der Waals surface area contributed by atoms with Gasteiger partial charge in [0.25, 0.3) is 17.7 Å². The number of imidazole rings is 3. The molecule has 15 heterocycles. The molecule has 104 heavy (non-hydrogen) atoms. The number of carbonyl (C=O) groups is 3. The quantitative estimate of drug-likeness (QED) is 0.0787. The van der Waals surface area contributed by atoms with Crippen LogP contribution in [0.3, 0.4) is 0 Å². The summed E-state index contributed by atoms with van der Waals surface area (Å²) in [6, 6.07) is 48.9. The van der Waals surface area contributed by atoms with Gasteiger partial charge >= 0.3 is 0 Å². The Hall–Kier alpha value is -12.0. The van der Waals surface area contributed by atoms with Crippen molar-refractivity contribution in [2.24, 2.45) is 0 Å². The number of piperidine rings is 3. The van der Waals surface area contributed by atoms with Gasteiger partial charge in [-0.1, -0.05) is 66.7 Å². The number of rotatable bonds is 9. The zero-order valence-corrected chi connectivity index (χ0v) is 58.8. The van der Waals surface area contributed by atoms with E-state index in [2.05, 4.69) is 121 Å². The van der Waals surface area contributed by atoms with Gasteiger partial charge < -0.3 is 46.9 Å². The van der Waals surface area contributed by atoms with Crippen LogP contribution in [-0.2, 0) is 0 Å². The van der Waals surface area contributed by atoms with Crippen LogP contribution >= 0.6 is 34.0 Å². The molecule has 3 amide bonds. The molecule has 0 spiro atoms. The van der Waals surface area contributed by atoms with Gasteiger partial charge in [0.05, 0.1) is 32.9 Å². The topological polar surface area (TPSA) is 277 Å². The van der Waals surface area contributed by atoms with E-state index in [1.165, 1.54) is 14.8 Å². The molecular formula is C80H70N18O3S3. The Morgan fingerprint density at radius 1 is 0.442 bits per heavy atom. The van der Waals surface area contributed by atoms with E-state index in [4.69, 9.17) is 32.2 Å². The number of nitrogens with zero attached hydrogens (tertiary/aromatic N) is 12. The van der Waals surface area contributed by atoms with Crippen LogP contribution in [0.5, 0.6) is 0 Å². The normalized spacial score (nSPS) is 14.9. The first kappa shape index (κ1) is 64.1. The molecule has 3 fully saturated rings. The molecule has 5 aromatic carbocycles. The second-order valence-electron chi connectivity index (χ2n) is 26.9. The van der Waals surface area contributed by atoms with Crippen LogP contribution in [0.25, 0.3) is 103 Å². The smallest absolute Gasteiger partial charge is 0.255 e. The van der Waals surface area contributed by atoms with Gasteiger partial charge in [0.2, 0.25) is 0 Å². The number of hydrogen-bond donors (Lipinski definition) is 6. The lowest BCUT2D eigenvalue weighted by Crippen LogP contribution is -2.38. The molecule has 3 saturated heterocycles. The molecule has 3 aliphatic rings. The van der Waals surface area contributed by atoms with Gasteiger partial charge in [0.1, 0.15) is 68.6 Å². The van der Waals surface area contributed by atoms with Crippen molar-refractivity contribution in [3.8, 4) is 33.3 Å². The minimum absolute atomic E-state index is 0.0710. The van der Waals surface area contributed by atoms with Crippen molar-refractivity contribution in [3.63, 3.8) is 0 Å². The lowest BCUT2D eigenvalue weighted by molar-refractivity contribution is 0.0704. The first-order chi connectivity index (χ1) is 51.0. The molecule has 3 aliphatic heterocycles. The van der Waals surface area contributed by atoms with Crippen molar-refractivity contribution in [1.29, 1.82) is 0 Å². The van der Waals surface area contributed by atoms with Gasteiger partial charge in [-0.25, -0.2) is 29.9 Å². The number of para-hydroxylation sites is 3. The van der Waals surface area contributed by atoms with Crippen molar-refractivity contribution < 1.29 is 14.4 Å². The number of nitrogens with two attached hydrogens (primary N) is 3. The third-order valence-corrected chi connectivity index (χ3v) is 23.5. The van der Waals surface area contributed by atoms with Crippen LogP contribution in [0.4, 0.5) is 17.5 Å². The number of likely N-dealkylation sites (tertiary alicyclic amines) is 3. The number of nitrogens with one attached hydrogen (secondary N) is 3. The fraction of sp³-hybridized carbons (Fsp3) is 0.188. The van der Waals surface area contributed by atoms with E-state index in [0.29, 0.717) is 43.6 Å². The highest BCUT2D eigenvalue weighted by Crippen LogP contribution is 2.42. The van der Waals surface area contributed by atoms with Crippen molar-refractivity contribution in [2.45, 2.75) is 56.3 Å². The number of nitrogen functional groups attached to an aromatic ring is 3. The van der Waals surface area contributed by atoms with E-state index >= 15 is 0 Å². The third kappa shape index (κ3) is 11.7. The Kier molecular flexibility index (Phi) is 16.5.